The number of fused-ring (bicyclic) bond motifs is 2. The molecular weight excluding hydrogens is 502 g/mol. The first-order chi connectivity index (χ1) is 17.6. The van der Waals surface area contributed by atoms with Gasteiger partial charge >= 0.3 is 0 Å². The van der Waals surface area contributed by atoms with Crippen LogP contribution >= 0.6 is 22.7 Å². The van der Waals surface area contributed by atoms with Crippen LogP contribution in [-0.2, 0) is 6.61 Å². The van der Waals surface area contributed by atoms with Gasteiger partial charge in [0.15, 0.2) is 5.76 Å². The maximum Gasteiger partial charge on any atom is 0.294 e. The van der Waals surface area contributed by atoms with Crippen molar-refractivity contribution in [1.29, 1.82) is 0 Å². The van der Waals surface area contributed by atoms with Crippen LogP contribution in [0.2, 0.25) is 0 Å². The average molecular weight is 522 g/mol. The van der Waals surface area contributed by atoms with Crippen LogP contribution in [-0.4, -0.2) is 45.9 Å². The molecule has 0 saturated heterocycles. The van der Waals surface area contributed by atoms with Crippen molar-refractivity contribution in [2.45, 2.75) is 6.61 Å². The molecule has 1 aromatic carbocycles. The van der Waals surface area contributed by atoms with Crippen molar-refractivity contribution in [3.8, 4) is 44.6 Å². The summed E-state index contributed by atoms with van der Waals surface area (Å²) in [5, 5.41) is 8.50. The summed E-state index contributed by atoms with van der Waals surface area (Å²) in [6.45, 7) is 0.285. The zero-order valence-electron chi connectivity index (χ0n) is 19.4. The third-order valence-electron chi connectivity index (χ3n) is 5.38. The number of benzene rings is 1. The number of hydrogen-bond donors (Lipinski definition) is 0. The number of thiazole rings is 1. The maximum atomic E-state index is 6.17. The molecule has 0 spiro atoms. The summed E-state index contributed by atoms with van der Waals surface area (Å²) in [6, 6.07) is 9.30. The SMILES string of the molecule is COc1cc(OCc2csc(-c3ccc(OC)nc3)n2)c2cc(-c3cn4nc(OC)sc4n3)oc2c1. The first-order valence-electron chi connectivity index (χ1n) is 10.7. The Balaban J connectivity index is 1.27. The Morgan fingerprint density at radius 1 is 1.03 bits per heavy atom. The van der Waals surface area contributed by atoms with Gasteiger partial charge in [-0.15, -0.1) is 16.4 Å². The highest BCUT2D eigenvalue weighted by Gasteiger charge is 2.17. The van der Waals surface area contributed by atoms with E-state index in [-0.39, 0.29) is 6.61 Å². The lowest BCUT2D eigenvalue weighted by Crippen LogP contribution is -1.97. The van der Waals surface area contributed by atoms with Gasteiger partial charge in [0.25, 0.3) is 5.19 Å². The van der Waals surface area contributed by atoms with Crippen molar-refractivity contribution in [2.75, 3.05) is 21.3 Å². The Morgan fingerprint density at radius 3 is 2.69 bits per heavy atom. The van der Waals surface area contributed by atoms with Gasteiger partial charge in [-0.1, -0.05) is 0 Å². The van der Waals surface area contributed by atoms with Gasteiger partial charge in [0, 0.05) is 35.3 Å². The van der Waals surface area contributed by atoms with Crippen LogP contribution in [0.15, 0.2) is 52.5 Å². The molecule has 0 aliphatic carbocycles. The van der Waals surface area contributed by atoms with Crippen LogP contribution < -0.4 is 18.9 Å². The highest BCUT2D eigenvalue weighted by atomic mass is 32.1. The predicted molar refractivity (Wildman–Crippen MR) is 135 cm³/mol. The maximum absolute atomic E-state index is 6.17. The third-order valence-corrected chi connectivity index (χ3v) is 7.20. The summed E-state index contributed by atoms with van der Waals surface area (Å²) in [5.41, 5.74) is 3.02. The standard InChI is InChI=1S/C24H19N5O5S2/c1-30-15-6-18(33-11-14-12-35-22(26-14)13-4-5-21(31-2)25-9-13)16-8-20(34-19(16)7-15)17-10-29-23(27-17)36-24(28-29)32-3/h4-10,12H,11H2,1-3H3. The number of nitrogens with zero attached hydrogens (tertiary/aromatic N) is 5. The van der Waals surface area contributed by atoms with E-state index in [4.69, 9.17) is 23.4 Å². The van der Waals surface area contributed by atoms with Gasteiger partial charge in [0.2, 0.25) is 10.8 Å². The first kappa shape index (κ1) is 22.3. The van der Waals surface area contributed by atoms with E-state index in [1.54, 1.807) is 38.2 Å². The fourth-order valence-corrected chi connectivity index (χ4v) is 5.11. The molecule has 5 heterocycles. The lowest BCUT2D eigenvalue weighted by Gasteiger charge is -2.08. The summed E-state index contributed by atoms with van der Waals surface area (Å²) < 4.78 is 29.7. The van der Waals surface area contributed by atoms with Crippen molar-refractivity contribution in [3.63, 3.8) is 0 Å². The summed E-state index contributed by atoms with van der Waals surface area (Å²) in [6.07, 6.45) is 3.54. The smallest absolute Gasteiger partial charge is 0.294 e. The van der Waals surface area contributed by atoms with Crippen LogP contribution in [0, 0.1) is 0 Å². The third kappa shape index (κ3) is 4.10. The molecule has 6 rings (SSSR count). The molecule has 0 aliphatic rings. The van der Waals surface area contributed by atoms with E-state index in [0.717, 1.165) is 21.7 Å². The van der Waals surface area contributed by atoms with Crippen molar-refractivity contribution >= 4 is 38.6 Å². The lowest BCUT2D eigenvalue weighted by atomic mass is 10.2. The average Bonchev–Trinajstić information content (AvgIpc) is 3.69. The lowest BCUT2D eigenvalue weighted by molar-refractivity contribution is 0.303. The molecule has 0 amide bonds. The minimum absolute atomic E-state index is 0.285. The monoisotopic (exact) mass is 521 g/mol. The van der Waals surface area contributed by atoms with Crippen molar-refractivity contribution in [3.05, 3.63) is 53.8 Å². The molecule has 12 heteroatoms. The van der Waals surface area contributed by atoms with Gasteiger partial charge in [-0.05, 0) is 23.5 Å². The molecular formula is C24H19N5O5S2. The normalized spacial score (nSPS) is 11.3. The van der Waals surface area contributed by atoms with Crippen LogP contribution in [0.1, 0.15) is 5.69 Å². The second kappa shape index (κ2) is 9.13. The molecule has 0 N–H and O–H groups in total. The Kier molecular flexibility index (Phi) is 5.66. The van der Waals surface area contributed by atoms with E-state index in [1.165, 1.54) is 22.7 Å². The number of pyridine rings is 1. The van der Waals surface area contributed by atoms with Gasteiger partial charge in [-0.25, -0.2) is 19.5 Å². The molecule has 6 aromatic rings. The Hall–Kier alpha value is -4.16. The van der Waals surface area contributed by atoms with E-state index in [9.17, 15) is 0 Å². The van der Waals surface area contributed by atoms with E-state index in [1.807, 2.05) is 35.7 Å². The molecule has 0 bridgehead atoms. The summed E-state index contributed by atoms with van der Waals surface area (Å²) >= 11 is 2.88. The fraction of sp³-hybridized carbons (Fsp3) is 0.167. The number of rotatable bonds is 8. The number of furan rings is 1. The second-order valence-electron chi connectivity index (χ2n) is 7.60. The molecule has 0 radical (unpaired) electrons. The topological polar surface area (TPSA) is 106 Å². The largest absolute Gasteiger partial charge is 0.496 e. The molecule has 5 aromatic heterocycles. The number of imidazole rings is 1. The van der Waals surface area contributed by atoms with Gasteiger partial charge < -0.3 is 23.4 Å². The zero-order chi connectivity index (χ0) is 24.6. The van der Waals surface area contributed by atoms with E-state index in [2.05, 4.69) is 20.1 Å². The molecule has 36 heavy (non-hydrogen) atoms. The number of hydrogen-bond acceptors (Lipinski definition) is 11. The highest BCUT2D eigenvalue weighted by Crippen LogP contribution is 2.38. The van der Waals surface area contributed by atoms with Crippen molar-refractivity contribution in [1.82, 2.24) is 24.6 Å². The van der Waals surface area contributed by atoms with E-state index < -0.39 is 0 Å². The molecule has 0 atom stereocenters. The quantitative estimate of drug-likeness (QED) is 0.263. The first-order valence-corrected chi connectivity index (χ1v) is 12.4. The minimum Gasteiger partial charge on any atom is -0.496 e. The molecule has 0 fully saturated rings. The number of ether oxygens (including phenoxy) is 4. The second-order valence-corrected chi connectivity index (χ2v) is 9.37. The Morgan fingerprint density at radius 2 is 1.94 bits per heavy atom. The van der Waals surface area contributed by atoms with Gasteiger partial charge in [-0.3, -0.25) is 0 Å². The van der Waals surface area contributed by atoms with Gasteiger partial charge in [-0.2, -0.15) is 0 Å². The molecule has 182 valence electrons. The van der Waals surface area contributed by atoms with Crippen molar-refractivity contribution in [2.24, 2.45) is 0 Å². The highest BCUT2D eigenvalue weighted by molar-refractivity contribution is 7.18. The predicted octanol–water partition coefficient (Wildman–Crippen LogP) is 5.33. The van der Waals surface area contributed by atoms with Crippen LogP contribution in [0.3, 0.4) is 0 Å². The van der Waals surface area contributed by atoms with E-state index in [0.29, 0.717) is 44.6 Å². The van der Waals surface area contributed by atoms with Gasteiger partial charge in [0.1, 0.15) is 34.4 Å². The van der Waals surface area contributed by atoms with E-state index >= 15 is 0 Å². The molecule has 0 saturated carbocycles. The Labute approximate surface area is 212 Å². The van der Waals surface area contributed by atoms with Gasteiger partial charge in [0.05, 0.1) is 38.6 Å². The zero-order valence-corrected chi connectivity index (χ0v) is 21.1. The number of aromatic nitrogens is 5. The molecule has 10 nitrogen and oxygen atoms in total. The van der Waals surface area contributed by atoms with Crippen LogP contribution in [0.4, 0.5) is 0 Å². The van der Waals surface area contributed by atoms with Crippen LogP contribution in [0.5, 0.6) is 22.6 Å². The summed E-state index contributed by atoms with van der Waals surface area (Å²) in [7, 11) is 4.77. The van der Waals surface area contributed by atoms with Crippen molar-refractivity contribution < 1.29 is 23.4 Å². The summed E-state index contributed by atoms with van der Waals surface area (Å²) in [5.74, 6) is 2.41. The Bertz CT molecular complexity index is 1640. The molecule has 0 unspecified atom stereocenters. The summed E-state index contributed by atoms with van der Waals surface area (Å²) in [4.78, 5) is 14.3. The minimum atomic E-state index is 0.285. The van der Waals surface area contributed by atoms with Crippen LogP contribution in [0.25, 0.3) is 38.0 Å². The fourth-order valence-electron chi connectivity index (χ4n) is 3.61. The molecule has 0 aliphatic heterocycles. The number of methoxy groups -OCH3 is 3.